The fraction of sp³-hybridized carbons (Fsp3) is 0.889. The second-order valence-electron chi connectivity index (χ2n) is 4.50. The fourth-order valence-corrected chi connectivity index (χ4v) is 3.07. The van der Waals surface area contributed by atoms with Crippen LogP contribution >= 0.6 is 0 Å². The van der Waals surface area contributed by atoms with Gasteiger partial charge in [-0.25, -0.2) is 0 Å². The van der Waals surface area contributed by atoms with Crippen LogP contribution in [0.2, 0.25) is 0 Å². The van der Waals surface area contributed by atoms with Gasteiger partial charge in [-0.05, 0) is 19.8 Å². The van der Waals surface area contributed by atoms with E-state index in [4.69, 9.17) is 5.11 Å². The maximum atomic E-state index is 11.7. The van der Waals surface area contributed by atoms with Crippen LogP contribution in [0.5, 0.6) is 0 Å². The average Bonchev–Trinajstić information content (AvgIpc) is 2.66. The first-order chi connectivity index (χ1) is 7.73. The molecule has 1 saturated heterocycles. The first-order valence-corrected chi connectivity index (χ1v) is 6.86. The van der Waals surface area contributed by atoms with E-state index in [0.717, 1.165) is 12.8 Å². The molecule has 0 spiro atoms. The largest absolute Gasteiger partial charge is 0.481 e. The van der Waals surface area contributed by atoms with Crippen LogP contribution in [-0.2, 0) is 15.0 Å². The molecule has 7 nitrogen and oxygen atoms in total. The maximum Gasteiger partial charge on any atom is 0.306 e. The van der Waals surface area contributed by atoms with E-state index in [0.29, 0.717) is 13.1 Å². The molecule has 0 aromatic heterocycles. The van der Waals surface area contributed by atoms with Crippen LogP contribution in [0, 0.1) is 0 Å². The van der Waals surface area contributed by atoms with Crippen molar-refractivity contribution < 1.29 is 23.4 Å². The first kappa shape index (κ1) is 14.4. The van der Waals surface area contributed by atoms with Crippen molar-refractivity contribution in [2.45, 2.75) is 31.8 Å². The van der Waals surface area contributed by atoms with Gasteiger partial charge in [0.2, 0.25) is 0 Å². The molecule has 1 rings (SSSR count). The molecule has 0 bridgehead atoms. The van der Waals surface area contributed by atoms with E-state index in [1.54, 1.807) is 0 Å². The standard InChI is InChI=1S/C9H18N2O5S/c1-9(14,6-8(12)13)7-10-17(15,16)11-4-2-3-5-11/h10,14H,2-7H2,1H3,(H,12,13). The van der Waals surface area contributed by atoms with Gasteiger partial charge in [0.05, 0.1) is 12.0 Å². The minimum Gasteiger partial charge on any atom is -0.481 e. The average molecular weight is 266 g/mol. The highest BCUT2D eigenvalue weighted by molar-refractivity contribution is 7.87. The fourth-order valence-electron chi connectivity index (χ4n) is 1.65. The van der Waals surface area contributed by atoms with Crippen molar-refractivity contribution in [1.82, 2.24) is 9.03 Å². The Kier molecular flexibility index (Phi) is 4.48. The summed E-state index contributed by atoms with van der Waals surface area (Å²) in [7, 11) is -3.60. The van der Waals surface area contributed by atoms with Gasteiger partial charge in [0, 0.05) is 19.6 Å². The third-order valence-corrected chi connectivity index (χ3v) is 4.13. The molecule has 0 aromatic carbocycles. The normalized spacial score (nSPS) is 21.3. The second-order valence-corrected chi connectivity index (χ2v) is 6.25. The summed E-state index contributed by atoms with van der Waals surface area (Å²) in [5, 5.41) is 18.2. The molecule has 0 radical (unpaired) electrons. The highest BCUT2D eigenvalue weighted by atomic mass is 32.2. The number of carboxylic acid groups (broad SMARTS) is 1. The Morgan fingerprint density at radius 2 is 1.94 bits per heavy atom. The molecule has 0 aromatic rings. The third kappa shape index (κ3) is 4.58. The highest BCUT2D eigenvalue weighted by Gasteiger charge is 2.30. The van der Waals surface area contributed by atoms with Crippen molar-refractivity contribution in [3.05, 3.63) is 0 Å². The molecule has 1 aliphatic heterocycles. The zero-order chi connectivity index (χ0) is 13.1. The molecule has 17 heavy (non-hydrogen) atoms. The van der Waals surface area contributed by atoms with E-state index < -0.39 is 28.2 Å². The smallest absolute Gasteiger partial charge is 0.306 e. The molecular formula is C9H18N2O5S. The van der Waals surface area contributed by atoms with Crippen molar-refractivity contribution >= 4 is 16.2 Å². The van der Waals surface area contributed by atoms with Crippen molar-refractivity contribution in [3.8, 4) is 0 Å². The van der Waals surface area contributed by atoms with Crippen LogP contribution in [0.4, 0.5) is 0 Å². The molecule has 0 saturated carbocycles. The molecule has 1 heterocycles. The van der Waals surface area contributed by atoms with E-state index >= 15 is 0 Å². The molecule has 1 atom stereocenters. The summed E-state index contributed by atoms with van der Waals surface area (Å²) in [5.74, 6) is -1.17. The van der Waals surface area contributed by atoms with E-state index in [9.17, 15) is 18.3 Å². The van der Waals surface area contributed by atoms with Crippen molar-refractivity contribution in [2.75, 3.05) is 19.6 Å². The summed E-state index contributed by atoms with van der Waals surface area (Å²) in [4.78, 5) is 10.4. The summed E-state index contributed by atoms with van der Waals surface area (Å²) in [6.07, 6.45) is 1.15. The number of aliphatic hydroxyl groups is 1. The van der Waals surface area contributed by atoms with E-state index in [1.807, 2.05) is 0 Å². The number of aliphatic carboxylic acids is 1. The SMILES string of the molecule is CC(O)(CNS(=O)(=O)N1CCCC1)CC(=O)O. The molecular weight excluding hydrogens is 248 g/mol. The Morgan fingerprint density at radius 3 is 2.41 bits per heavy atom. The summed E-state index contributed by atoms with van der Waals surface area (Å²) in [6.45, 7) is 1.92. The van der Waals surface area contributed by atoms with E-state index in [-0.39, 0.29) is 6.54 Å². The number of rotatable bonds is 6. The number of hydrogen-bond acceptors (Lipinski definition) is 4. The van der Waals surface area contributed by atoms with Gasteiger partial charge in [-0.2, -0.15) is 17.4 Å². The molecule has 1 unspecified atom stereocenters. The summed E-state index contributed by atoms with van der Waals surface area (Å²) < 4.78 is 27.0. The zero-order valence-electron chi connectivity index (χ0n) is 9.72. The van der Waals surface area contributed by atoms with Gasteiger partial charge >= 0.3 is 5.97 Å². The molecule has 1 aliphatic rings. The van der Waals surface area contributed by atoms with Crippen LogP contribution in [-0.4, -0.2) is 54.1 Å². The van der Waals surface area contributed by atoms with Crippen LogP contribution in [0.15, 0.2) is 0 Å². The second kappa shape index (κ2) is 5.30. The van der Waals surface area contributed by atoms with Crippen LogP contribution in [0.1, 0.15) is 26.2 Å². The van der Waals surface area contributed by atoms with E-state index in [2.05, 4.69) is 4.72 Å². The van der Waals surface area contributed by atoms with Gasteiger partial charge in [0.15, 0.2) is 0 Å². The highest BCUT2D eigenvalue weighted by Crippen LogP contribution is 2.13. The lowest BCUT2D eigenvalue weighted by Gasteiger charge is -2.23. The summed E-state index contributed by atoms with van der Waals surface area (Å²) >= 11 is 0. The molecule has 0 amide bonds. The number of nitrogens with one attached hydrogen (secondary N) is 1. The first-order valence-electron chi connectivity index (χ1n) is 5.42. The number of nitrogens with zero attached hydrogens (tertiary/aromatic N) is 1. The predicted octanol–water partition coefficient (Wildman–Crippen LogP) is -0.858. The minimum atomic E-state index is -3.60. The minimum absolute atomic E-state index is 0.307. The molecule has 1 fully saturated rings. The van der Waals surface area contributed by atoms with Crippen LogP contribution in [0.3, 0.4) is 0 Å². The Labute approximate surface area is 101 Å². The van der Waals surface area contributed by atoms with Gasteiger partial charge in [-0.1, -0.05) is 0 Å². The van der Waals surface area contributed by atoms with Crippen molar-refractivity contribution in [3.63, 3.8) is 0 Å². The molecule has 3 N–H and O–H groups in total. The Bertz CT molecular complexity index is 373. The lowest BCUT2D eigenvalue weighted by molar-refractivity contribution is -0.141. The Balaban J connectivity index is 2.51. The lowest BCUT2D eigenvalue weighted by Crippen LogP contribution is -2.47. The van der Waals surface area contributed by atoms with Gasteiger partial charge in [-0.15, -0.1) is 0 Å². The summed E-state index contributed by atoms with van der Waals surface area (Å²) in [6, 6.07) is 0. The van der Waals surface area contributed by atoms with Gasteiger partial charge in [0.25, 0.3) is 10.2 Å². The maximum absolute atomic E-state index is 11.7. The number of carboxylic acids is 1. The van der Waals surface area contributed by atoms with Gasteiger partial charge < -0.3 is 10.2 Å². The van der Waals surface area contributed by atoms with Crippen LogP contribution in [0.25, 0.3) is 0 Å². The van der Waals surface area contributed by atoms with Gasteiger partial charge in [-0.3, -0.25) is 4.79 Å². The Hall–Kier alpha value is -0.700. The topological polar surface area (TPSA) is 107 Å². The zero-order valence-corrected chi connectivity index (χ0v) is 10.5. The van der Waals surface area contributed by atoms with Crippen molar-refractivity contribution in [2.24, 2.45) is 0 Å². The third-order valence-electron chi connectivity index (χ3n) is 2.57. The number of hydrogen-bond donors (Lipinski definition) is 3. The molecule has 8 heteroatoms. The predicted molar refractivity (Wildman–Crippen MR) is 60.6 cm³/mol. The molecule has 100 valence electrons. The van der Waals surface area contributed by atoms with Crippen LogP contribution < -0.4 is 4.72 Å². The number of carbonyl (C=O) groups is 1. The summed E-state index contributed by atoms with van der Waals surface area (Å²) in [5.41, 5.74) is -1.58. The lowest BCUT2D eigenvalue weighted by atomic mass is 10.0. The Morgan fingerprint density at radius 1 is 1.41 bits per heavy atom. The van der Waals surface area contributed by atoms with Crippen molar-refractivity contribution in [1.29, 1.82) is 0 Å². The van der Waals surface area contributed by atoms with Gasteiger partial charge in [0.1, 0.15) is 0 Å². The van der Waals surface area contributed by atoms with E-state index in [1.165, 1.54) is 11.2 Å². The monoisotopic (exact) mass is 266 g/mol. The molecule has 0 aliphatic carbocycles. The quantitative estimate of drug-likeness (QED) is 0.580.